The number of aromatic nitrogens is 1. The predicted octanol–water partition coefficient (Wildman–Crippen LogP) is 1.86. The first-order valence-electron chi connectivity index (χ1n) is 5.70. The molecule has 96 valence electrons. The molecule has 1 heterocycles. The van der Waals surface area contributed by atoms with E-state index in [4.69, 9.17) is 5.11 Å². The van der Waals surface area contributed by atoms with Crippen LogP contribution in [0.3, 0.4) is 0 Å². The molecule has 1 aromatic heterocycles. The summed E-state index contributed by atoms with van der Waals surface area (Å²) in [6.45, 7) is 1.85. The third kappa shape index (κ3) is 3.64. The lowest BCUT2D eigenvalue weighted by atomic mass is 10.2. The number of hydrogen-bond donors (Lipinski definition) is 2. The van der Waals surface area contributed by atoms with Crippen LogP contribution in [-0.4, -0.2) is 22.2 Å². The van der Waals surface area contributed by atoms with E-state index < -0.39 is 0 Å². The maximum atomic E-state index is 11.7. The molecule has 0 atom stereocenters. The summed E-state index contributed by atoms with van der Waals surface area (Å²) in [4.78, 5) is 15.7. The van der Waals surface area contributed by atoms with Gasteiger partial charge in [-0.3, -0.25) is 9.78 Å². The Kier molecular flexibility index (Phi) is 3.87. The Morgan fingerprint density at radius 3 is 2.63 bits per heavy atom. The average molecular weight is 255 g/mol. The summed E-state index contributed by atoms with van der Waals surface area (Å²) in [5.74, 6) is -0.130. The Bertz CT molecular complexity index is 589. The third-order valence-electron chi connectivity index (χ3n) is 2.45. The zero-order valence-electron chi connectivity index (χ0n) is 10.4. The molecule has 0 fully saturated rings. The van der Waals surface area contributed by atoms with Crippen molar-refractivity contribution in [1.82, 2.24) is 10.4 Å². The van der Waals surface area contributed by atoms with E-state index in [1.165, 1.54) is 12.4 Å². The van der Waals surface area contributed by atoms with Crippen molar-refractivity contribution < 1.29 is 9.90 Å². The molecule has 2 rings (SSSR count). The van der Waals surface area contributed by atoms with Crippen LogP contribution in [0.15, 0.2) is 47.7 Å². The van der Waals surface area contributed by atoms with Gasteiger partial charge in [0.25, 0.3) is 5.91 Å². The van der Waals surface area contributed by atoms with Crippen LogP contribution in [0.5, 0.6) is 5.75 Å². The van der Waals surface area contributed by atoms with Gasteiger partial charge in [-0.25, -0.2) is 5.43 Å². The van der Waals surface area contributed by atoms with Crippen LogP contribution in [0, 0.1) is 6.92 Å². The van der Waals surface area contributed by atoms with Crippen molar-refractivity contribution in [1.29, 1.82) is 0 Å². The monoisotopic (exact) mass is 255 g/mol. The second-order valence-electron chi connectivity index (χ2n) is 3.98. The van der Waals surface area contributed by atoms with Crippen molar-refractivity contribution in [2.24, 2.45) is 5.10 Å². The van der Waals surface area contributed by atoms with E-state index in [2.05, 4.69) is 15.5 Å². The van der Waals surface area contributed by atoms with Gasteiger partial charge in [0.15, 0.2) is 0 Å². The molecule has 19 heavy (non-hydrogen) atoms. The summed E-state index contributed by atoms with van der Waals surface area (Å²) in [5, 5.41) is 13.0. The molecule has 2 aromatic rings. The number of carbonyl (C=O) groups excluding carboxylic acids is 1. The first-order valence-corrected chi connectivity index (χ1v) is 5.70. The number of carbonyl (C=O) groups is 1. The van der Waals surface area contributed by atoms with Gasteiger partial charge in [-0.1, -0.05) is 0 Å². The van der Waals surface area contributed by atoms with Crippen molar-refractivity contribution in [3.8, 4) is 5.75 Å². The summed E-state index contributed by atoms with van der Waals surface area (Å²) in [6.07, 6.45) is 3.00. The van der Waals surface area contributed by atoms with E-state index in [1.807, 2.05) is 6.92 Å². The van der Waals surface area contributed by atoms with Gasteiger partial charge in [0.05, 0.1) is 11.8 Å². The zero-order valence-corrected chi connectivity index (χ0v) is 10.4. The molecule has 0 spiro atoms. The fourth-order valence-electron chi connectivity index (χ4n) is 1.39. The van der Waals surface area contributed by atoms with E-state index in [1.54, 1.807) is 36.4 Å². The molecule has 0 unspecified atom stereocenters. The number of aromatic hydroxyl groups is 1. The number of pyridine rings is 1. The molecular formula is C14H13N3O2. The SMILES string of the molecule is Cc1ccc(C(=O)N/N=C\c2ccc(O)cc2)cn1. The molecule has 5 nitrogen and oxygen atoms in total. The second-order valence-corrected chi connectivity index (χ2v) is 3.98. The van der Waals surface area contributed by atoms with Gasteiger partial charge in [0, 0.05) is 11.9 Å². The number of phenols is 1. The quantitative estimate of drug-likeness (QED) is 0.649. The molecule has 0 saturated carbocycles. The molecule has 5 heteroatoms. The van der Waals surface area contributed by atoms with Gasteiger partial charge in [0.1, 0.15) is 5.75 Å². The van der Waals surface area contributed by atoms with Crippen LogP contribution >= 0.6 is 0 Å². The van der Waals surface area contributed by atoms with Gasteiger partial charge < -0.3 is 5.11 Å². The van der Waals surface area contributed by atoms with E-state index in [0.717, 1.165) is 11.3 Å². The Hall–Kier alpha value is -2.69. The largest absolute Gasteiger partial charge is 0.508 e. The normalized spacial score (nSPS) is 10.6. The third-order valence-corrected chi connectivity index (χ3v) is 2.45. The van der Waals surface area contributed by atoms with Crippen LogP contribution in [0.1, 0.15) is 21.6 Å². The maximum absolute atomic E-state index is 11.7. The fourth-order valence-corrected chi connectivity index (χ4v) is 1.39. The first kappa shape index (κ1) is 12.8. The molecule has 0 aliphatic carbocycles. The van der Waals surface area contributed by atoms with E-state index >= 15 is 0 Å². The highest BCUT2D eigenvalue weighted by atomic mass is 16.3. The first-order chi connectivity index (χ1) is 9.15. The Balaban J connectivity index is 1.96. The summed E-state index contributed by atoms with van der Waals surface area (Å²) in [6, 6.07) is 9.93. The van der Waals surface area contributed by atoms with Gasteiger partial charge >= 0.3 is 0 Å². The van der Waals surface area contributed by atoms with Gasteiger partial charge in [-0.2, -0.15) is 5.10 Å². The van der Waals surface area contributed by atoms with Crippen molar-refractivity contribution in [2.75, 3.05) is 0 Å². The van der Waals surface area contributed by atoms with Gasteiger partial charge in [-0.05, 0) is 48.9 Å². The summed E-state index contributed by atoms with van der Waals surface area (Å²) in [7, 11) is 0. The number of nitrogens with one attached hydrogen (secondary N) is 1. The van der Waals surface area contributed by atoms with E-state index in [-0.39, 0.29) is 11.7 Å². The highest BCUT2D eigenvalue weighted by molar-refractivity contribution is 5.94. The van der Waals surface area contributed by atoms with Crippen LogP contribution in [0.4, 0.5) is 0 Å². The lowest BCUT2D eigenvalue weighted by Crippen LogP contribution is -2.17. The Morgan fingerprint density at radius 1 is 1.26 bits per heavy atom. The minimum atomic E-state index is -0.317. The maximum Gasteiger partial charge on any atom is 0.272 e. The molecule has 0 aliphatic rings. The van der Waals surface area contributed by atoms with Crippen molar-refractivity contribution in [2.45, 2.75) is 6.92 Å². The zero-order chi connectivity index (χ0) is 13.7. The summed E-state index contributed by atoms with van der Waals surface area (Å²) in [5.41, 5.74) is 4.49. The van der Waals surface area contributed by atoms with Crippen LogP contribution < -0.4 is 5.43 Å². The molecule has 1 aromatic carbocycles. The number of hydrazone groups is 1. The molecular weight excluding hydrogens is 242 g/mol. The van der Waals surface area contributed by atoms with E-state index in [0.29, 0.717) is 5.56 Å². The Labute approximate surface area is 110 Å². The fraction of sp³-hybridized carbons (Fsp3) is 0.0714. The lowest BCUT2D eigenvalue weighted by molar-refractivity contribution is 0.0955. The smallest absolute Gasteiger partial charge is 0.272 e. The number of nitrogens with zero attached hydrogens (tertiary/aromatic N) is 2. The highest BCUT2D eigenvalue weighted by Crippen LogP contribution is 2.07. The standard InChI is InChI=1S/C14H13N3O2/c1-10-2-5-12(9-15-10)14(19)17-16-8-11-3-6-13(18)7-4-11/h2-9,18H,1H3,(H,17,19)/b16-8-. The minimum absolute atomic E-state index is 0.187. The number of rotatable bonds is 3. The number of hydrogen-bond acceptors (Lipinski definition) is 4. The van der Waals surface area contributed by atoms with Crippen molar-refractivity contribution in [3.63, 3.8) is 0 Å². The van der Waals surface area contributed by atoms with Crippen LogP contribution in [0.25, 0.3) is 0 Å². The topological polar surface area (TPSA) is 74.6 Å². The van der Waals surface area contributed by atoms with Gasteiger partial charge in [0.2, 0.25) is 0 Å². The molecule has 2 N–H and O–H groups in total. The van der Waals surface area contributed by atoms with Crippen molar-refractivity contribution in [3.05, 3.63) is 59.4 Å². The summed E-state index contributed by atoms with van der Waals surface area (Å²) < 4.78 is 0. The molecule has 0 aliphatic heterocycles. The number of phenolic OH excluding ortho intramolecular Hbond substituents is 1. The van der Waals surface area contributed by atoms with E-state index in [9.17, 15) is 4.79 Å². The highest BCUT2D eigenvalue weighted by Gasteiger charge is 2.03. The molecule has 0 bridgehead atoms. The number of aryl methyl sites for hydroxylation is 1. The lowest BCUT2D eigenvalue weighted by Gasteiger charge is -1.99. The van der Waals surface area contributed by atoms with Crippen LogP contribution in [-0.2, 0) is 0 Å². The molecule has 1 amide bonds. The van der Waals surface area contributed by atoms with Gasteiger partial charge in [-0.15, -0.1) is 0 Å². The summed E-state index contributed by atoms with van der Waals surface area (Å²) >= 11 is 0. The van der Waals surface area contributed by atoms with Crippen molar-refractivity contribution >= 4 is 12.1 Å². The Morgan fingerprint density at radius 2 is 2.00 bits per heavy atom. The number of amides is 1. The minimum Gasteiger partial charge on any atom is -0.508 e. The molecule has 0 radical (unpaired) electrons. The molecule has 0 saturated heterocycles. The average Bonchev–Trinajstić information content (AvgIpc) is 2.41. The second kappa shape index (κ2) is 5.77. The number of benzene rings is 1. The predicted molar refractivity (Wildman–Crippen MR) is 72.1 cm³/mol. The van der Waals surface area contributed by atoms with Crippen LogP contribution in [0.2, 0.25) is 0 Å².